The van der Waals surface area contributed by atoms with E-state index < -0.39 is 0 Å². The zero-order valence-corrected chi connectivity index (χ0v) is 8.61. The van der Waals surface area contributed by atoms with Gasteiger partial charge in [0.05, 0.1) is 18.1 Å². The lowest BCUT2D eigenvalue weighted by Crippen LogP contribution is -2.15. The van der Waals surface area contributed by atoms with E-state index >= 15 is 0 Å². The van der Waals surface area contributed by atoms with Crippen LogP contribution in [0.25, 0.3) is 0 Å². The molecule has 1 aromatic heterocycles. The smallest absolute Gasteiger partial charge is 0.0947 e. The summed E-state index contributed by atoms with van der Waals surface area (Å²) in [5.74, 6) is 0. The zero-order valence-electron chi connectivity index (χ0n) is 8.61. The minimum atomic E-state index is 0.0106. The molecule has 3 heteroatoms. The molecule has 0 fully saturated rings. The van der Waals surface area contributed by atoms with Crippen LogP contribution in [0.15, 0.2) is 24.2 Å². The molecule has 3 nitrogen and oxygen atoms in total. The molecule has 14 heavy (non-hydrogen) atoms. The second kappa shape index (κ2) is 3.96. The second-order valence-electron chi connectivity index (χ2n) is 3.97. The molecule has 1 atom stereocenters. The summed E-state index contributed by atoms with van der Waals surface area (Å²) < 4.78 is 1.94. The van der Waals surface area contributed by atoms with E-state index in [2.05, 4.69) is 11.1 Å². The fourth-order valence-corrected chi connectivity index (χ4v) is 1.93. The number of rotatable bonds is 2. The van der Waals surface area contributed by atoms with Gasteiger partial charge < -0.3 is 10.3 Å². The van der Waals surface area contributed by atoms with Crippen molar-refractivity contribution in [1.29, 1.82) is 0 Å². The standard InChI is InChI=1S/C11H17N3/c1-14-7-10(13-8-14)11(12)9-5-3-2-4-6-9/h5,7-8,11H,2-4,6,12H2,1H3. The highest BCUT2D eigenvalue weighted by Crippen LogP contribution is 2.26. The molecule has 0 bridgehead atoms. The van der Waals surface area contributed by atoms with E-state index in [1.165, 1.54) is 24.8 Å². The molecule has 2 rings (SSSR count). The average molecular weight is 191 g/mol. The largest absolute Gasteiger partial charge is 0.340 e. The van der Waals surface area contributed by atoms with Gasteiger partial charge in [-0.05, 0) is 25.7 Å². The molecular formula is C11H17N3. The number of allylic oxidation sites excluding steroid dienone is 1. The van der Waals surface area contributed by atoms with Crippen LogP contribution in [-0.4, -0.2) is 9.55 Å². The van der Waals surface area contributed by atoms with E-state index in [0.29, 0.717) is 0 Å². The number of nitrogens with two attached hydrogens (primary N) is 1. The first-order chi connectivity index (χ1) is 6.77. The number of imidazole rings is 1. The van der Waals surface area contributed by atoms with Crippen LogP contribution in [0.4, 0.5) is 0 Å². The molecule has 0 radical (unpaired) electrons. The van der Waals surface area contributed by atoms with Crippen molar-refractivity contribution < 1.29 is 0 Å². The number of hydrogen-bond acceptors (Lipinski definition) is 2. The third kappa shape index (κ3) is 1.87. The van der Waals surface area contributed by atoms with Crippen LogP contribution in [0.1, 0.15) is 37.4 Å². The van der Waals surface area contributed by atoms with Crippen molar-refractivity contribution in [1.82, 2.24) is 9.55 Å². The molecular weight excluding hydrogens is 174 g/mol. The number of aryl methyl sites for hydroxylation is 1. The van der Waals surface area contributed by atoms with Crippen molar-refractivity contribution in [2.75, 3.05) is 0 Å². The highest BCUT2D eigenvalue weighted by atomic mass is 15.0. The maximum atomic E-state index is 6.14. The van der Waals surface area contributed by atoms with Crippen molar-refractivity contribution in [2.45, 2.75) is 31.7 Å². The van der Waals surface area contributed by atoms with E-state index in [4.69, 9.17) is 5.73 Å². The van der Waals surface area contributed by atoms with Crippen LogP contribution < -0.4 is 5.73 Å². The van der Waals surface area contributed by atoms with E-state index in [9.17, 15) is 0 Å². The number of nitrogens with zero attached hydrogens (tertiary/aromatic N) is 2. The normalized spacial score (nSPS) is 19.1. The van der Waals surface area contributed by atoms with Crippen LogP contribution in [0.2, 0.25) is 0 Å². The minimum Gasteiger partial charge on any atom is -0.340 e. The Morgan fingerprint density at radius 2 is 2.36 bits per heavy atom. The van der Waals surface area contributed by atoms with E-state index in [-0.39, 0.29) is 6.04 Å². The van der Waals surface area contributed by atoms with Crippen LogP contribution in [-0.2, 0) is 7.05 Å². The molecule has 0 aliphatic heterocycles. The Morgan fingerprint density at radius 3 is 2.93 bits per heavy atom. The third-order valence-corrected chi connectivity index (χ3v) is 2.77. The second-order valence-corrected chi connectivity index (χ2v) is 3.97. The molecule has 1 aliphatic rings. The Morgan fingerprint density at radius 1 is 1.50 bits per heavy atom. The Kier molecular flexibility index (Phi) is 2.68. The zero-order chi connectivity index (χ0) is 9.97. The van der Waals surface area contributed by atoms with Gasteiger partial charge in [0.15, 0.2) is 0 Å². The summed E-state index contributed by atoms with van der Waals surface area (Å²) in [4.78, 5) is 4.29. The van der Waals surface area contributed by atoms with Crippen LogP contribution >= 0.6 is 0 Å². The Labute approximate surface area is 84.6 Å². The molecule has 1 unspecified atom stereocenters. The first kappa shape index (κ1) is 9.46. The van der Waals surface area contributed by atoms with Crippen LogP contribution in [0, 0.1) is 0 Å². The average Bonchev–Trinajstić information content (AvgIpc) is 2.65. The summed E-state index contributed by atoms with van der Waals surface area (Å²) in [6.45, 7) is 0. The quantitative estimate of drug-likeness (QED) is 0.726. The topological polar surface area (TPSA) is 43.8 Å². The molecule has 0 saturated carbocycles. The maximum Gasteiger partial charge on any atom is 0.0947 e. The highest BCUT2D eigenvalue weighted by Gasteiger charge is 2.15. The van der Waals surface area contributed by atoms with Gasteiger partial charge in [0.2, 0.25) is 0 Å². The van der Waals surface area contributed by atoms with Crippen molar-refractivity contribution in [3.63, 3.8) is 0 Å². The number of hydrogen-bond donors (Lipinski definition) is 1. The van der Waals surface area contributed by atoms with E-state index in [0.717, 1.165) is 12.1 Å². The molecule has 76 valence electrons. The van der Waals surface area contributed by atoms with Crippen LogP contribution in [0.3, 0.4) is 0 Å². The third-order valence-electron chi connectivity index (χ3n) is 2.77. The van der Waals surface area contributed by atoms with Gasteiger partial charge in [0.1, 0.15) is 0 Å². The first-order valence-corrected chi connectivity index (χ1v) is 5.20. The fraction of sp³-hybridized carbons (Fsp3) is 0.545. The van der Waals surface area contributed by atoms with Crippen molar-refractivity contribution in [3.8, 4) is 0 Å². The van der Waals surface area contributed by atoms with Gasteiger partial charge in [-0.3, -0.25) is 0 Å². The lowest BCUT2D eigenvalue weighted by Gasteiger charge is -2.17. The molecule has 0 saturated heterocycles. The molecule has 0 spiro atoms. The van der Waals surface area contributed by atoms with Gasteiger partial charge in [-0.1, -0.05) is 11.6 Å². The van der Waals surface area contributed by atoms with Crippen molar-refractivity contribution in [2.24, 2.45) is 12.8 Å². The number of aromatic nitrogens is 2. The van der Waals surface area contributed by atoms with Gasteiger partial charge in [-0.25, -0.2) is 4.98 Å². The molecule has 1 aromatic rings. The molecule has 1 heterocycles. The summed E-state index contributed by atoms with van der Waals surface area (Å²) in [5, 5.41) is 0. The van der Waals surface area contributed by atoms with Gasteiger partial charge >= 0.3 is 0 Å². The predicted molar refractivity (Wildman–Crippen MR) is 56.7 cm³/mol. The van der Waals surface area contributed by atoms with Crippen molar-refractivity contribution >= 4 is 0 Å². The highest BCUT2D eigenvalue weighted by molar-refractivity contribution is 5.21. The maximum absolute atomic E-state index is 6.14. The van der Waals surface area contributed by atoms with Crippen molar-refractivity contribution in [3.05, 3.63) is 29.9 Å². The predicted octanol–water partition coefficient (Wildman–Crippen LogP) is 1.92. The van der Waals surface area contributed by atoms with E-state index in [1.807, 2.05) is 17.8 Å². The molecule has 1 aliphatic carbocycles. The van der Waals surface area contributed by atoms with Gasteiger partial charge in [0.25, 0.3) is 0 Å². The summed E-state index contributed by atoms with van der Waals surface area (Å²) >= 11 is 0. The Bertz CT molecular complexity index is 338. The SMILES string of the molecule is Cn1cnc(C(N)C2=CCCCC2)c1. The lowest BCUT2D eigenvalue weighted by molar-refractivity contribution is 0.642. The van der Waals surface area contributed by atoms with Gasteiger partial charge in [-0.2, -0.15) is 0 Å². The summed E-state index contributed by atoms with van der Waals surface area (Å²) in [5.41, 5.74) is 8.48. The monoisotopic (exact) mass is 191 g/mol. The summed E-state index contributed by atoms with van der Waals surface area (Å²) in [6, 6.07) is 0.0106. The van der Waals surface area contributed by atoms with Gasteiger partial charge in [0, 0.05) is 13.2 Å². The summed E-state index contributed by atoms with van der Waals surface area (Å²) in [6.07, 6.45) is 11.0. The lowest BCUT2D eigenvalue weighted by atomic mass is 9.93. The molecule has 2 N–H and O–H groups in total. The minimum absolute atomic E-state index is 0.0106. The van der Waals surface area contributed by atoms with Gasteiger partial charge in [-0.15, -0.1) is 0 Å². The fourth-order valence-electron chi connectivity index (χ4n) is 1.93. The Balaban J connectivity index is 2.14. The Hall–Kier alpha value is -1.09. The first-order valence-electron chi connectivity index (χ1n) is 5.20. The van der Waals surface area contributed by atoms with E-state index in [1.54, 1.807) is 6.33 Å². The molecule has 0 amide bonds. The molecule has 0 aromatic carbocycles. The van der Waals surface area contributed by atoms with Crippen LogP contribution in [0.5, 0.6) is 0 Å². The summed E-state index contributed by atoms with van der Waals surface area (Å²) in [7, 11) is 1.97.